The monoisotopic (exact) mass is 456 g/mol. The number of para-hydroxylation sites is 1. The zero-order valence-electron chi connectivity index (χ0n) is 18.5. The number of rotatable bonds is 9. The number of piperazine rings is 1. The Morgan fingerprint density at radius 1 is 1.00 bits per heavy atom. The highest BCUT2D eigenvalue weighted by molar-refractivity contribution is 6.30. The normalized spacial score (nSPS) is 16.2. The number of halogens is 1. The Morgan fingerprint density at radius 2 is 1.75 bits per heavy atom. The quantitative estimate of drug-likeness (QED) is 0.490. The summed E-state index contributed by atoms with van der Waals surface area (Å²) < 4.78 is 12.6. The van der Waals surface area contributed by atoms with Crippen LogP contribution in [-0.4, -0.2) is 77.0 Å². The predicted octanol–water partition coefficient (Wildman–Crippen LogP) is 2.89. The fraction of sp³-hybridized carbons (Fsp3) is 0.435. The number of hydrogen-bond acceptors (Lipinski definition) is 7. The van der Waals surface area contributed by atoms with E-state index >= 15 is 0 Å². The van der Waals surface area contributed by atoms with E-state index in [1.165, 1.54) is 5.56 Å². The number of benzene rings is 2. The minimum Gasteiger partial charge on any atom is -0.496 e. The van der Waals surface area contributed by atoms with Crippen LogP contribution < -0.4 is 4.74 Å². The van der Waals surface area contributed by atoms with Crippen molar-refractivity contribution < 1.29 is 9.47 Å². The van der Waals surface area contributed by atoms with Crippen LogP contribution in [0.15, 0.2) is 48.5 Å². The first-order chi connectivity index (χ1) is 15.7. The van der Waals surface area contributed by atoms with E-state index in [4.69, 9.17) is 21.1 Å². The first-order valence-electron chi connectivity index (χ1n) is 10.8. The molecule has 1 fully saturated rings. The molecule has 0 spiro atoms. The highest BCUT2D eigenvalue weighted by atomic mass is 35.5. The molecular weight excluding hydrogens is 428 g/mol. The summed E-state index contributed by atoms with van der Waals surface area (Å²) in [7, 11) is 3.41. The molecule has 1 atom stereocenters. The van der Waals surface area contributed by atoms with E-state index < -0.39 is 0 Å². The first kappa shape index (κ1) is 22.7. The summed E-state index contributed by atoms with van der Waals surface area (Å²) in [5, 5.41) is 13.3. The van der Waals surface area contributed by atoms with Crippen LogP contribution in [0.2, 0.25) is 5.02 Å². The van der Waals surface area contributed by atoms with Crippen molar-refractivity contribution in [3.05, 3.63) is 70.5 Å². The lowest BCUT2D eigenvalue weighted by molar-refractivity contribution is 0.0983. The zero-order chi connectivity index (χ0) is 22.3. The van der Waals surface area contributed by atoms with Crippen molar-refractivity contribution in [2.45, 2.75) is 19.1 Å². The summed E-state index contributed by atoms with van der Waals surface area (Å²) in [6.07, 6.45) is 0. The number of methoxy groups -OCH3 is 2. The summed E-state index contributed by atoms with van der Waals surface area (Å²) >= 11 is 6.16. The van der Waals surface area contributed by atoms with Crippen molar-refractivity contribution in [2.75, 3.05) is 47.0 Å². The number of nitrogens with zero attached hydrogens (tertiary/aromatic N) is 6. The van der Waals surface area contributed by atoms with Crippen LogP contribution in [0.1, 0.15) is 23.0 Å². The Hall–Kier alpha value is -2.52. The molecule has 0 N–H and O–H groups in total. The van der Waals surface area contributed by atoms with Crippen LogP contribution >= 0.6 is 11.6 Å². The molecule has 2 heterocycles. The molecule has 0 radical (unpaired) electrons. The van der Waals surface area contributed by atoms with Gasteiger partial charge in [-0.05, 0) is 34.2 Å². The largest absolute Gasteiger partial charge is 0.496 e. The molecule has 4 rings (SSSR count). The number of ether oxygens (including phenoxy) is 2. The maximum absolute atomic E-state index is 6.16. The summed E-state index contributed by atoms with van der Waals surface area (Å²) in [6.45, 7) is 5.73. The van der Waals surface area contributed by atoms with Gasteiger partial charge in [0.1, 0.15) is 5.75 Å². The molecule has 0 saturated carbocycles. The van der Waals surface area contributed by atoms with Gasteiger partial charge in [-0.15, -0.1) is 5.10 Å². The Kier molecular flexibility index (Phi) is 7.70. The van der Waals surface area contributed by atoms with Gasteiger partial charge in [-0.25, -0.2) is 4.68 Å². The Balaban J connectivity index is 1.52. The fourth-order valence-electron chi connectivity index (χ4n) is 4.17. The van der Waals surface area contributed by atoms with E-state index in [9.17, 15) is 0 Å². The topological polar surface area (TPSA) is 68.5 Å². The Labute approximate surface area is 193 Å². The van der Waals surface area contributed by atoms with E-state index in [1.807, 2.05) is 28.9 Å². The molecule has 0 amide bonds. The van der Waals surface area contributed by atoms with Crippen molar-refractivity contribution >= 4 is 11.6 Å². The van der Waals surface area contributed by atoms with Gasteiger partial charge in [0, 0.05) is 50.4 Å². The van der Waals surface area contributed by atoms with Crippen LogP contribution in [0.25, 0.3) is 0 Å². The highest BCUT2D eigenvalue weighted by Crippen LogP contribution is 2.29. The highest BCUT2D eigenvalue weighted by Gasteiger charge is 2.30. The summed E-state index contributed by atoms with van der Waals surface area (Å²) in [4.78, 5) is 4.90. The second-order valence-electron chi connectivity index (χ2n) is 7.83. The van der Waals surface area contributed by atoms with Crippen LogP contribution in [-0.2, 0) is 17.8 Å². The van der Waals surface area contributed by atoms with Gasteiger partial charge in [-0.2, -0.15) is 0 Å². The average Bonchev–Trinajstić information content (AvgIpc) is 3.28. The van der Waals surface area contributed by atoms with Crippen molar-refractivity contribution in [3.63, 3.8) is 0 Å². The molecule has 170 valence electrons. The molecule has 0 aliphatic carbocycles. The van der Waals surface area contributed by atoms with Crippen LogP contribution in [0.3, 0.4) is 0 Å². The molecule has 1 saturated heterocycles. The van der Waals surface area contributed by atoms with Crippen LogP contribution in [0.5, 0.6) is 5.75 Å². The number of tetrazole rings is 1. The maximum Gasteiger partial charge on any atom is 0.173 e. The summed E-state index contributed by atoms with van der Waals surface area (Å²) in [6, 6.07) is 16.1. The molecule has 1 aromatic heterocycles. The average molecular weight is 457 g/mol. The van der Waals surface area contributed by atoms with Gasteiger partial charge in [0.05, 0.1) is 26.3 Å². The summed E-state index contributed by atoms with van der Waals surface area (Å²) in [5.41, 5.74) is 2.34. The molecule has 1 aliphatic heterocycles. The fourth-order valence-corrected chi connectivity index (χ4v) is 4.29. The van der Waals surface area contributed by atoms with Gasteiger partial charge in [0.2, 0.25) is 0 Å². The molecule has 32 heavy (non-hydrogen) atoms. The molecule has 0 bridgehead atoms. The molecule has 1 aliphatic rings. The van der Waals surface area contributed by atoms with Gasteiger partial charge in [0.15, 0.2) is 5.82 Å². The summed E-state index contributed by atoms with van der Waals surface area (Å²) in [5.74, 6) is 1.76. The zero-order valence-corrected chi connectivity index (χ0v) is 19.3. The molecule has 1 unspecified atom stereocenters. The van der Waals surface area contributed by atoms with Crippen molar-refractivity contribution in [3.8, 4) is 5.75 Å². The lowest BCUT2D eigenvalue weighted by Crippen LogP contribution is -2.48. The third-order valence-corrected chi connectivity index (χ3v) is 6.11. The Bertz CT molecular complexity index is 988. The minimum atomic E-state index is -0.0486. The van der Waals surface area contributed by atoms with E-state index in [1.54, 1.807) is 14.2 Å². The third kappa shape index (κ3) is 5.27. The predicted molar refractivity (Wildman–Crippen MR) is 123 cm³/mol. The van der Waals surface area contributed by atoms with E-state index in [0.29, 0.717) is 18.2 Å². The SMILES string of the molecule is COCCn1nnnc1C(c1ccc(Cl)cc1)N1CCN(Cc2ccccc2OC)CC1. The standard InChI is InChI=1S/C23H29ClN6O2/c1-31-16-15-30-23(25-26-27-30)22(18-7-9-20(24)10-8-18)29-13-11-28(12-14-29)17-19-5-3-4-6-21(19)32-2/h3-10,22H,11-17H2,1-2H3. The van der Waals surface area contributed by atoms with Crippen LogP contribution in [0.4, 0.5) is 0 Å². The van der Waals surface area contributed by atoms with Crippen molar-refractivity contribution in [1.82, 2.24) is 30.0 Å². The van der Waals surface area contributed by atoms with Gasteiger partial charge < -0.3 is 9.47 Å². The minimum absolute atomic E-state index is 0.0486. The lowest BCUT2D eigenvalue weighted by Gasteiger charge is -2.39. The molecular formula is C23H29ClN6O2. The lowest BCUT2D eigenvalue weighted by atomic mass is 10.0. The van der Waals surface area contributed by atoms with Crippen LogP contribution in [0, 0.1) is 0 Å². The second-order valence-corrected chi connectivity index (χ2v) is 8.27. The van der Waals surface area contributed by atoms with Crippen molar-refractivity contribution in [1.29, 1.82) is 0 Å². The maximum atomic E-state index is 6.16. The third-order valence-electron chi connectivity index (χ3n) is 5.86. The van der Waals surface area contributed by atoms with Gasteiger partial charge in [0.25, 0.3) is 0 Å². The number of aromatic nitrogens is 4. The van der Waals surface area contributed by atoms with E-state index in [-0.39, 0.29) is 6.04 Å². The second kappa shape index (κ2) is 10.9. The Morgan fingerprint density at radius 3 is 2.47 bits per heavy atom. The van der Waals surface area contributed by atoms with Crippen molar-refractivity contribution in [2.24, 2.45) is 0 Å². The molecule has 8 nitrogen and oxygen atoms in total. The smallest absolute Gasteiger partial charge is 0.173 e. The van der Waals surface area contributed by atoms with Gasteiger partial charge in [-0.3, -0.25) is 9.80 Å². The van der Waals surface area contributed by atoms with Gasteiger partial charge >= 0.3 is 0 Å². The van der Waals surface area contributed by atoms with E-state index in [2.05, 4.69) is 49.6 Å². The number of hydrogen-bond donors (Lipinski definition) is 0. The molecule has 2 aromatic carbocycles. The molecule has 3 aromatic rings. The first-order valence-corrected chi connectivity index (χ1v) is 11.2. The van der Waals surface area contributed by atoms with Gasteiger partial charge in [-0.1, -0.05) is 41.9 Å². The molecule has 9 heteroatoms. The van der Waals surface area contributed by atoms with E-state index in [0.717, 1.165) is 49.9 Å².